The van der Waals surface area contributed by atoms with Gasteiger partial charge in [0.25, 0.3) is 0 Å². The lowest BCUT2D eigenvalue weighted by Crippen LogP contribution is -2.45. The quantitative estimate of drug-likeness (QED) is 0.273. The molecule has 0 radical (unpaired) electrons. The summed E-state index contributed by atoms with van der Waals surface area (Å²) in [5, 5.41) is 14.1. The summed E-state index contributed by atoms with van der Waals surface area (Å²) >= 11 is 0. The third-order valence-corrected chi connectivity index (χ3v) is 3.41. The van der Waals surface area contributed by atoms with Crippen molar-refractivity contribution in [1.29, 1.82) is 0 Å². The molecule has 0 spiro atoms. The molecule has 98 valence electrons. The maximum atomic E-state index is 11.7. The number of amidine groups is 1. The maximum absolute atomic E-state index is 11.7. The molecular formula is C11H21N3O3. The summed E-state index contributed by atoms with van der Waals surface area (Å²) in [5.74, 6) is -0.108. The zero-order chi connectivity index (χ0) is 12.9. The van der Waals surface area contributed by atoms with Crippen molar-refractivity contribution in [1.82, 2.24) is 5.32 Å². The minimum atomic E-state index is -0.260. The first-order chi connectivity index (χ1) is 8.03. The molecule has 1 atom stereocenters. The lowest BCUT2D eigenvalue weighted by atomic mass is 9.77. The standard InChI is InChI=1S/C11H21N3O3/c1-8(10(12)14-16)7-13-9(15)6-11(17-2)4-3-5-11/h8,16H,3-7H2,1-2H3,(H2,12,14)(H,13,15). The van der Waals surface area contributed by atoms with Gasteiger partial charge in [-0.2, -0.15) is 0 Å². The van der Waals surface area contributed by atoms with Gasteiger partial charge in [-0.25, -0.2) is 0 Å². The van der Waals surface area contributed by atoms with Crippen molar-refractivity contribution in [3.8, 4) is 0 Å². The highest BCUT2D eigenvalue weighted by Gasteiger charge is 2.38. The predicted octanol–water partition coefficient (Wildman–Crippen LogP) is 0.444. The molecule has 4 N–H and O–H groups in total. The van der Waals surface area contributed by atoms with Gasteiger partial charge in [0, 0.05) is 19.6 Å². The molecule has 0 aromatic carbocycles. The summed E-state index contributed by atoms with van der Waals surface area (Å²) in [6.45, 7) is 2.15. The number of rotatable bonds is 6. The Labute approximate surface area is 101 Å². The van der Waals surface area contributed by atoms with Gasteiger partial charge in [-0.3, -0.25) is 4.79 Å². The van der Waals surface area contributed by atoms with Gasteiger partial charge in [0.15, 0.2) is 0 Å². The Morgan fingerprint density at radius 2 is 2.29 bits per heavy atom. The minimum Gasteiger partial charge on any atom is -0.409 e. The van der Waals surface area contributed by atoms with Gasteiger partial charge in [-0.15, -0.1) is 0 Å². The van der Waals surface area contributed by atoms with Crippen LogP contribution in [0.25, 0.3) is 0 Å². The second kappa shape index (κ2) is 5.86. The van der Waals surface area contributed by atoms with E-state index < -0.39 is 0 Å². The summed E-state index contributed by atoms with van der Waals surface area (Å²) in [7, 11) is 1.64. The highest BCUT2D eigenvalue weighted by atomic mass is 16.5. The summed E-state index contributed by atoms with van der Waals surface area (Å²) < 4.78 is 5.37. The van der Waals surface area contributed by atoms with Crippen LogP contribution in [0.15, 0.2) is 5.16 Å². The average molecular weight is 243 g/mol. The van der Waals surface area contributed by atoms with Crippen LogP contribution in [-0.2, 0) is 9.53 Å². The van der Waals surface area contributed by atoms with E-state index in [0.29, 0.717) is 13.0 Å². The van der Waals surface area contributed by atoms with E-state index in [-0.39, 0.29) is 23.3 Å². The van der Waals surface area contributed by atoms with Crippen LogP contribution in [0.1, 0.15) is 32.6 Å². The molecule has 1 rings (SSSR count). The fourth-order valence-electron chi connectivity index (χ4n) is 1.85. The SMILES string of the molecule is COC1(CC(=O)NCC(C)C(N)=NO)CCC1. The molecule has 0 aromatic heterocycles. The molecule has 0 heterocycles. The lowest BCUT2D eigenvalue weighted by molar-refractivity contribution is -0.134. The summed E-state index contributed by atoms with van der Waals surface area (Å²) in [6, 6.07) is 0. The molecule has 1 unspecified atom stereocenters. The van der Waals surface area contributed by atoms with E-state index in [1.165, 1.54) is 0 Å². The number of carbonyl (C=O) groups excluding carboxylic acids is 1. The molecule has 1 aliphatic carbocycles. The van der Waals surface area contributed by atoms with Crippen molar-refractivity contribution < 1.29 is 14.7 Å². The van der Waals surface area contributed by atoms with E-state index in [1.54, 1.807) is 14.0 Å². The van der Waals surface area contributed by atoms with Crippen LogP contribution in [0.2, 0.25) is 0 Å². The topological polar surface area (TPSA) is 96.9 Å². The van der Waals surface area contributed by atoms with Crippen LogP contribution in [0.3, 0.4) is 0 Å². The summed E-state index contributed by atoms with van der Waals surface area (Å²) in [6.07, 6.45) is 3.37. The van der Waals surface area contributed by atoms with Crippen molar-refractivity contribution in [2.24, 2.45) is 16.8 Å². The van der Waals surface area contributed by atoms with E-state index in [4.69, 9.17) is 15.7 Å². The van der Waals surface area contributed by atoms with Crippen LogP contribution < -0.4 is 11.1 Å². The maximum Gasteiger partial charge on any atom is 0.222 e. The number of oxime groups is 1. The second-order valence-electron chi connectivity index (χ2n) is 4.65. The first kappa shape index (κ1) is 13.8. The van der Waals surface area contributed by atoms with E-state index in [1.807, 2.05) is 0 Å². The van der Waals surface area contributed by atoms with Crippen molar-refractivity contribution in [2.75, 3.05) is 13.7 Å². The van der Waals surface area contributed by atoms with Gasteiger partial charge < -0.3 is 21.0 Å². The van der Waals surface area contributed by atoms with Gasteiger partial charge >= 0.3 is 0 Å². The Balaban J connectivity index is 2.30. The monoisotopic (exact) mass is 243 g/mol. The molecule has 0 aromatic rings. The number of hydrogen-bond donors (Lipinski definition) is 3. The first-order valence-electron chi connectivity index (χ1n) is 5.82. The van der Waals surface area contributed by atoms with Crippen molar-refractivity contribution >= 4 is 11.7 Å². The zero-order valence-electron chi connectivity index (χ0n) is 10.4. The molecule has 1 saturated carbocycles. The van der Waals surface area contributed by atoms with Crippen LogP contribution in [-0.4, -0.2) is 36.2 Å². The van der Waals surface area contributed by atoms with Crippen molar-refractivity contribution in [3.63, 3.8) is 0 Å². The molecular weight excluding hydrogens is 222 g/mol. The normalized spacial score (nSPS) is 20.5. The Hall–Kier alpha value is -1.30. The second-order valence-corrected chi connectivity index (χ2v) is 4.65. The van der Waals surface area contributed by atoms with Gasteiger partial charge in [-0.1, -0.05) is 12.1 Å². The van der Waals surface area contributed by atoms with Crippen molar-refractivity contribution in [2.45, 2.75) is 38.2 Å². The van der Waals surface area contributed by atoms with Gasteiger partial charge in [0.05, 0.1) is 12.0 Å². The van der Waals surface area contributed by atoms with Crippen LogP contribution in [0.4, 0.5) is 0 Å². The van der Waals surface area contributed by atoms with Crippen LogP contribution in [0.5, 0.6) is 0 Å². The third kappa shape index (κ3) is 3.59. The van der Waals surface area contributed by atoms with Crippen LogP contribution >= 0.6 is 0 Å². The Kier molecular flexibility index (Phi) is 4.74. The number of nitrogens with two attached hydrogens (primary N) is 1. The summed E-state index contributed by atoms with van der Waals surface area (Å²) in [4.78, 5) is 11.7. The average Bonchev–Trinajstić information content (AvgIpc) is 2.29. The van der Waals surface area contributed by atoms with Gasteiger partial charge in [0.2, 0.25) is 5.91 Å². The smallest absolute Gasteiger partial charge is 0.222 e. The molecule has 6 heteroatoms. The molecule has 0 bridgehead atoms. The molecule has 6 nitrogen and oxygen atoms in total. The molecule has 1 amide bonds. The molecule has 1 aliphatic rings. The zero-order valence-corrected chi connectivity index (χ0v) is 10.4. The summed E-state index contributed by atoms with van der Waals surface area (Å²) in [5.41, 5.74) is 5.16. The lowest BCUT2D eigenvalue weighted by Gasteiger charge is -2.39. The molecule has 0 aliphatic heterocycles. The molecule has 0 saturated heterocycles. The minimum absolute atomic E-state index is 0.0517. The Morgan fingerprint density at radius 1 is 1.65 bits per heavy atom. The number of ether oxygens (including phenoxy) is 1. The highest BCUT2D eigenvalue weighted by molar-refractivity contribution is 5.83. The number of nitrogens with zero attached hydrogens (tertiary/aromatic N) is 1. The first-order valence-corrected chi connectivity index (χ1v) is 5.82. The van der Waals surface area contributed by atoms with E-state index in [9.17, 15) is 4.79 Å². The van der Waals surface area contributed by atoms with E-state index in [2.05, 4.69) is 10.5 Å². The number of carbonyl (C=O) groups is 1. The third-order valence-electron chi connectivity index (χ3n) is 3.41. The Morgan fingerprint density at radius 3 is 2.71 bits per heavy atom. The van der Waals surface area contributed by atoms with Gasteiger partial charge in [-0.05, 0) is 19.3 Å². The highest BCUT2D eigenvalue weighted by Crippen LogP contribution is 2.37. The number of methoxy groups -OCH3 is 1. The van der Waals surface area contributed by atoms with E-state index >= 15 is 0 Å². The van der Waals surface area contributed by atoms with Gasteiger partial charge in [0.1, 0.15) is 5.84 Å². The number of nitrogens with one attached hydrogen (secondary N) is 1. The predicted molar refractivity (Wildman–Crippen MR) is 63.8 cm³/mol. The Bertz CT molecular complexity index is 295. The van der Waals surface area contributed by atoms with Crippen LogP contribution in [0, 0.1) is 5.92 Å². The number of amides is 1. The fraction of sp³-hybridized carbons (Fsp3) is 0.818. The van der Waals surface area contributed by atoms with E-state index in [0.717, 1.165) is 19.3 Å². The fourth-order valence-corrected chi connectivity index (χ4v) is 1.85. The molecule has 17 heavy (non-hydrogen) atoms. The number of hydrogen-bond acceptors (Lipinski definition) is 4. The molecule has 1 fully saturated rings. The van der Waals surface area contributed by atoms with Crippen molar-refractivity contribution in [3.05, 3.63) is 0 Å². The largest absolute Gasteiger partial charge is 0.409 e.